The molecule has 116 valence electrons. The van der Waals surface area contributed by atoms with Gasteiger partial charge in [0.05, 0.1) is 4.92 Å². The first-order chi connectivity index (χ1) is 9.66. The number of carbonyl (C=O) groups is 1. The molecule has 0 heterocycles. The van der Waals surface area contributed by atoms with Crippen LogP contribution in [0.25, 0.3) is 0 Å². The maximum atomic E-state index is 13.9. The fourth-order valence-corrected chi connectivity index (χ4v) is 2.18. The van der Waals surface area contributed by atoms with E-state index in [4.69, 9.17) is 5.73 Å². The third kappa shape index (κ3) is 3.68. The number of nitro benzene ring substituents is 1. The Bertz CT molecular complexity index is 561. The van der Waals surface area contributed by atoms with Gasteiger partial charge in [0.2, 0.25) is 0 Å². The third-order valence-corrected chi connectivity index (χ3v) is 3.38. The van der Waals surface area contributed by atoms with Gasteiger partial charge in [-0.25, -0.2) is 4.39 Å². The van der Waals surface area contributed by atoms with E-state index in [1.165, 1.54) is 11.9 Å². The molecule has 7 heteroatoms. The summed E-state index contributed by atoms with van der Waals surface area (Å²) in [6, 6.07) is 1.72. The molecule has 0 bridgehead atoms. The topological polar surface area (TPSA) is 89.5 Å². The summed E-state index contributed by atoms with van der Waals surface area (Å²) in [7, 11) is 1.53. The zero-order valence-electron chi connectivity index (χ0n) is 12.6. The Morgan fingerprint density at radius 3 is 2.48 bits per heavy atom. The minimum atomic E-state index is -0.855. The first-order valence-electron chi connectivity index (χ1n) is 6.66. The van der Waals surface area contributed by atoms with Gasteiger partial charge in [-0.15, -0.1) is 0 Å². The summed E-state index contributed by atoms with van der Waals surface area (Å²) < 4.78 is 13.9. The number of halogens is 1. The number of anilines is 1. The quantitative estimate of drug-likeness (QED) is 0.514. The Balaban J connectivity index is 3.18. The highest BCUT2D eigenvalue weighted by Crippen LogP contribution is 2.29. The van der Waals surface area contributed by atoms with Crippen molar-refractivity contribution in [3.63, 3.8) is 0 Å². The summed E-state index contributed by atoms with van der Waals surface area (Å²) in [5.41, 5.74) is 4.25. The average molecular weight is 297 g/mol. The number of nitrogen functional groups attached to an aromatic ring is 1. The number of nitrogens with zero attached hydrogens (tertiary/aromatic N) is 2. The Hall–Kier alpha value is -2.18. The highest BCUT2D eigenvalue weighted by Gasteiger charge is 2.27. The highest BCUT2D eigenvalue weighted by atomic mass is 19.1. The molecule has 0 aromatic heterocycles. The maximum absolute atomic E-state index is 13.9. The number of hydrogen-bond donors (Lipinski definition) is 1. The third-order valence-electron chi connectivity index (χ3n) is 3.38. The number of hydrogen-bond acceptors (Lipinski definition) is 4. The molecule has 1 rings (SSSR count). The van der Waals surface area contributed by atoms with Crippen molar-refractivity contribution in [1.82, 2.24) is 4.90 Å². The number of nitro groups is 1. The van der Waals surface area contributed by atoms with E-state index in [1.807, 2.05) is 20.8 Å². The lowest BCUT2D eigenvalue weighted by Gasteiger charge is -2.27. The number of nitrogens with two attached hydrogens (primary N) is 1. The van der Waals surface area contributed by atoms with Crippen molar-refractivity contribution in [1.29, 1.82) is 0 Å². The van der Waals surface area contributed by atoms with E-state index in [0.29, 0.717) is 5.92 Å². The van der Waals surface area contributed by atoms with E-state index in [9.17, 15) is 19.3 Å². The maximum Gasteiger partial charge on any atom is 0.293 e. The monoisotopic (exact) mass is 297 g/mol. The van der Waals surface area contributed by atoms with Crippen molar-refractivity contribution in [2.45, 2.75) is 33.2 Å². The SMILES string of the molecule is CC(C)CC(C)N(C)C(=O)c1c(F)ccc([N+](=O)[O-])c1N. The Morgan fingerprint density at radius 1 is 1.43 bits per heavy atom. The van der Waals surface area contributed by atoms with E-state index < -0.39 is 33.6 Å². The molecule has 1 amide bonds. The molecule has 6 nitrogen and oxygen atoms in total. The number of amides is 1. The van der Waals surface area contributed by atoms with Crippen LogP contribution in [0.5, 0.6) is 0 Å². The minimum Gasteiger partial charge on any atom is -0.392 e. The molecule has 1 atom stereocenters. The fraction of sp³-hybridized carbons (Fsp3) is 0.500. The summed E-state index contributed by atoms with van der Waals surface area (Å²) in [5, 5.41) is 10.8. The van der Waals surface area contributed by atoms with Crippen LogP contribution >= 0.6 is 0 Å². The van der Waals surface area contributed by atoms with Crippen LogP contribution in [-0.2, 0) is 0 Å². The van der Waals surface area contributed by atoms with Gasteiger partial charge in [-0.05, 0) is 25.3 Å². The standard InChI is InChI=1S/C14H20FN3O3/c1-8(2)7-9(3)17(4)14(19)12-10(15)5-6-11(13(12)16)18(20)21/h5-6,8-9H,7,16H2,1-4H3. The van der Waals surface area contributed by atoms with Crippen molar-refractivity contribution < 1.29 is 14.1 Å². The summed E-state index contributed by atoms with van der Waals surface area (Å²) in [4.78, 5) is 23.8. The highest BCUT2D eigenvalue weighted by molar-refractivity contribution is 6.01. The van der Waals surface area contributed by atoms with Gasteiger partial charge in [-0.3, -0.25) is 14.9 Å². The van der Waals surface area contributed by atoms with E-state index >= 15 is 0 Å². The second-order valence-electron chi connectivity index (χ2n) is 5.51. The Kier molecular flexibility index (Phi) is 5.23. The lowest BCUT2D eigenvalue weighted by molar-refractivity contribution is -0.384. The van der Waals surface area contributed by atoms with Gasteiger partial charge in [0.1, 0.15) is 17.1 Å². The average Bonchev–Trinajstić information content (AvgIpc) is 2.36. The van der Waals surface area contributed by atoms with Crippen LogP contribution in [0.1, 0.15) is 37.6 Å². The first-order valence-corrected chi connectivity index (χ1v) is 6.66. The van der Waals surface area contributed by atoms with Crippen LogP contribution in [0.3, 0.4) is 0 Å². The van der Waals surface area contributed by atoms with Crippen molar-refractivity contribution in [3.8, 4) is 0 Å². The van der Waals surface area contributed by atoms with Crippen molar-refractivity contribution >= 4 is 17.3 Å². The molecule has 0 fully saturated rings. The van der Waals surface area contributed by atoms with Crippen LogP contribution in [-0.4, -0.2) is 28.8 Å². The van der Waals surface area contributed by atoms with Gasteiger partial charge in [0.25, 0.3) is 11.6 Å². The second-order valence-corrected chi connectivity index (χ2v) is 5.51. The minimum absolute atomic E-state index is 0.129. The van der Waals surface area contributed by atoms with Crippen LogP contribution < -0.4 is 5.73 Å². The van der Waals surface area contributed by atoms with E-state index in [2.05, 4.69) is 0 Å². The lowest BCUT2D eigenvalue weighted by atomic mass is 10.0. The van der Waals surface area contributed by atoms with Crippen molar-refractivity contribution in [2.75, 3.05) is 12.8 Å². The predicted molar refractivity (Wildman–Crippen MR) is 78.5 cm³/mol. The Morgan fingerprint density at radius 2 is 2.00 bits per heavy atom. The lowest BCUT2D eigenvalue weighted by Crippen LogP contribution is -2.36. The van der Waals surface area contributed by atoms with Gasteiger partial charge in [-0.1, -0.05) is 13.8 Å². The molecule has 0 saturated heterocycles. The number of benzene rings is 1. The molecule has 1 unspecified atom stereocenters. The van der Waals surface area contributed by atoms with Gasteiger partial charge in [-0.2, -0.15) is 0 Å². The molecule has 0 spiro atoms. The molecule has 2 N–H and O–H groups in total. The van der Waals surface area contributed by atoms with Crippen LogP contribution in [0, 0.1) is 21.8 Å². The molecular weight excluding hydrogens is 277 g/mol. The van der Waals surface area contributed by atoms with E-state index in [0.717, 1.165) is 18.6 Å². The second kappa shape index (κ2) is 6.51. The summed E-state index contributed by atoms with van der Waals surface area (Å²) >= 11 is 0. The summed E-state index contributed by atoms with van der Waals surface area (Å²) in [6.45, 7) is 5.86. The molecule has 0 aliphatic carbocycles. The molecule has 21 heavy (non-hydrogen) atoms. The van der Waals surface area contributed by atoms with Crippen LogP contribution in [0.4, 0.5) is 15.8 Å². The molecule has 0 radical (unpaired) electrons. The largest absolute Gasteiger partial charge is 0.392 e. The van der Waals surface area contributed by atoms with E-state index in [1.54, 1.807) is 0 Å². The number of carbonyl (C=O) groups excluding carboxylic acids is 1. The molecule has 0 saturated carbocycles. The normalized spacial score (nSPS) is 12.3. The van der Waals surface area contributed by atoms with Crippen LogP contribution in [0.15, 0.2) is 12.1 Å². The smallest absolute Gasteiger partial charge is 0.293 e. The molecule has 1 aromatic carbocycles. The molecule has 0 aliphatic rings. The summed E-state index contributed by atoms with van der Waals surface area (Å²) in [5.74, 6) is -1.14. The van der Waals surface area contributed by atoms with Gasteiger partial charge >= 0.3 is 0 Å². The zero-order chi connectivity index (χ0) is 16.3. The first kappa shape index (κ1) is 16.9. The predicted octanol–water partition coefficient (Wildman–Crippen LogP) is 2.82. The zero-order valence-corrected chi connectivity index (χ0v) is 12.6. The molecule has 0 aliphatic heterocycles. The fourth-order valence-electron chi connectivity index (χ4n) is 2.18. The Labute approximate surface area is 122 Å². The van der Waals surface area contributed by atoms with Crippen LogP contribution in [0.2, 0.25) is 0 Å². The van der Waals surface area contributed by atoms with Crippen molar-refractivity contribution in [2.24, 2.45) is 5.92 Å². The van der Waals surface area contributed by atoms with Gasteiger partial charge in [0, 0.05) is 19.2 Å². The summed E-state index contributed by atoms with van der Waals surface area (Å²) in [6.07, 6.45) is 0.735. The van der Waals surface area contributed by atoms with E-state index in [-0.39, 0.29) is 6.04 Å². The number of rotatable bonds is 5. The van der Waals surface area contributed by atoms with Gasteiger partial charge in [0.15, 0.2) is 0 Å². The van der Waals surface area contributed by atoms with Crippen molar-refractivity contribution in [3.05, 3.63) is 33.6 Å². The molecular formula is C14H20FN3O3. The van der Waals surface area contributed by atoms with Gasteiger partial charge < -0.3 is 10.6 Å². The molecule has 1 aromatic rings.